The first kappa shape index (κ1) is 13.3. The van der Waals surface area contributed by atoms with Crippen molar-refractivity contribution < 1.29 is 13.2 Å². The molecule has 0 atom stereocenters. The zero-order valence-corrected chi connectivity index (χ0v) is 10.8. The molecule has 0 aliphatic rings. The molecule has 0 saturated carbocycles. The fourth-order valence-electron chi connectivity index (χ4n) is 1.81. The molecule has 0 amide bonds. The van der Waals surface area contributed by atoms with Crippen LogP contribution >= 0.6 is 0 Å². The van der Waals surface area contributed by atoms with Gasteiger partial charge in [0.15, 0.2) is 11.5 Å². The molecular weight excluding hydrogens is 287 g/mol. The number of aromatic amines is 1. The average molecular weight is 297 g/mol. The van der Waals surface area contributed by atoms with Crippen molar-refractivity contribution in [2.24, 2.45) is 0 Å². The molecule has 3 aromatic heterocycles. The van der Waals surface area contributed by atoms with Gasteiger partial charge in [-0.25, -0.2) is 9.67 Å². The molecule has 110 valence electrons. The second-order valence-electron chi connectivity index (χ2n) is 4.17. The number of anilines is 1. The Morgan fingerprint density at radius 3 is 2.81 bits per heavy atom. The van der Waals surface area contributed by atoms with E-state index in [4.69, 9.17) is 0 Å². The van der Waals surface area contributed by atoms with Crippen molar-refractivity contribution in [3.63, 3.8) is 0 Å². The zero-order chi connectivity index (χ0) is 15.0. The number of H-pyrrole nitrogens is 1. The Balaban J connectivity index is 2.14. The summed E-state index contributed by atoms with van der Waals surface area (Å²) in [4.78, 5) is 15.1. The van der Waals surface area contributed by atoms with Gasteiger partial charge in [0, 0.05) is 12.7 Å². The van der Waals surface area contributed by atoms with Crippen LogP contribution in [0.2, 0.25) is 0 Å². The van der Waals surface area contributed by atoms with Gasteiger partial charge in [-0.2, -0.15) is 28.2 Å². The van der Waals surface area contributed by atoms with Gasteiger partial charge in [0.2, 0.25) is 5.95 Å². The molecule has 0 aliphatic carbocycles. The van der Waals surface area contributed by atoms with Crippen molar-refractivity contribution in [2.75, 3.05) is 11.9 Å². The van der Waals surface area contributed by atoms with E-state index >= 15 is 0 Å². The molecule has 3 heterocycles. The molecule has 0 spiro atoms. The van der Waals surface area contributed by atoms with Crippen molar-refractivity contribution in [3.05, 3.63) is 24.3 Å². The number of alkyl halides is 3. The fourth-order valence-corrected chi connectivity index (χ4v) is 1.81. The second kappa shape index (κ2) is 4.72. The number of imidazole rings is 1. The van der Waals surface area contributed by atoms with Crippen LogP contribution in [0.1, 0.15) is 12.5 Å². The second-order valence-corrected chi connectivity index (χ2v) is 4.17. The minimum absolute atomic E-state index is 0.198. The smallest absolute Gasteiger partial charge is 0.354 e. The summed E-state index contributed by atoms with van der Waals surface area (Å²) in [6, 6.07) is 0. The number of hydrogen-bond acceptors (Lipinski definition) is 5. The number of nitrogens with zero attached hydrogens (tertiary/aromatic N) is 5. The van der Waals surface area contributed by atoms with Gasteiger partial charge in [-0.3, -0.25) is 0 Å². The SMILES string of the molecule is CCNc1nc(-n2cc(C(F)(F)F)cn2)c2[nH]cnc2n1. The van der Waals surface area contributed by atoms with Gasteiger partial charge in [0.25, 0.3) is 0 Å². The third-order valence-electron chi connectivity index (χ3n) is 2.73. The number of nitrogens with one attached hydrogen (secondary N) is 2. The van der Waals surface area contributed by atoms with E-state index in [9.17, 15) is 13.2 Å². The zero-order valence-electron chi connectivity index (χ0n) is 10.8. The first-order valence-corrected chi connectivity index (χ1v) is 6.06. The van der Waals surface area contributed by atoms with Gasteiger partial charge in [0.05, 0.1) is 18.1 Å². The van der Waals surface area contributed by atoms with Crippen LogP contribution in [-0.4, -0.2) is 36.3 Å². The van der Waals surface area contributed by atoms with Crippen LogP contribution < -0.4 is 5.32 Å². The lowest BCUT2D eigenvalue weighted by Gasteiger charge is -2.06. The van der Waals surface area contributed by atoms with Gasteiger partial charge in [-0.15, -0.1) is 0 Å². The van der Waals surface area contributed by atoms with Crippen molar-refractivity contribution in [1.82, 2.24) is 29.7 Å². The fraction of sp³-hybridized carbons (Fsp3) is 0.273. The van der Waals surface area contributed by atoms with Crippen LogP contribution in [0.15, 0.2) is 18.7 Å². The van der Waals surface area contributed by atoms with Crippen LogP contribution in [0.25, 0.3) is 17.0 Å². The van der Waals surface area contributed by atoms with E-state index in [1.54, 1.807) is 0 Å². The lowest BCUT2D eigenvalue weighted by Crippen LogP contribution is -2.07. The molecule has 0 fully saturated rings. The lowest BCUT2D eigenvalue weighted by atomic mass is 10.3. The van der Waals surface area contributed by atoms with Crippen molar-refractivity contribution in [2.45, 2.75) is 13.1 Å². The molecule has 0 saturated heterocycles. The highest BCUT2D eigenvalue weighted by Gasteiger charge is 2.32. The third kappa shape index (κ3) is 2.39. The quantitative estimate of drug-likeness (QED) is 0.772. The molecule has 0 aliphatic heterocycles. The van der Waals surface area contributed by atoms with Gasteiger partial charge in [-0.05, 0) is 6.92 Å². The predicted octanol–water partition coefficient (Wildman–Crippen LogP) is 1.99. The maximum Gasteiger partial charge on any atom is 0.419 e. The van der Waals surface area contributed by atoms with Crippen molar-refractivity contribution in [1.29, 1.82) is 0 Å². The molecule has 7 nitrogen and oxygen atoms in total. The summed E-state index contributed by atoms with van der Waals surface area (Å²) in [6.45, 7) is 2.43. The molecule has 10 heteroatoms. The Morgan fingerprint density at radius 1 is 1.33 bits per heavy atom. The molecule has 0 bridgehead atoms. The monoisotopic (exact) mass is 297 g/mol. The molecule has 2 N–H and O–H groups in total. The highest BCUT2D eigenvalue weighted by atomic mass is 19.4. The molecule has 21 heavy (non-hydrogen) atoms. The largest absolute Gasteiger partial charge is 0.419 e. The topological polar surface area (TPSA) is 84.3 Å². The normalized spacial score (nSPS) is 12.0. The molecule has 3 rings (SSSR count). The van der Waals surface area contributed by atoms with Crippen LogP contribution in [-0.2, 0) is 6.18 Å². The summed E-state index contributed by atoms with van der Waals surface area (Å²) in [5.74, 6) is 0.472. The van der Waals surface area contributed by atoms with E-state index < -0.39 is 11.7 Å². The molecule has 0 aromatic carbocycles. The van der Waals surface area contributed by atoms with E-state index in [-0.39, 0.29) is 11.8 Å². The van der Waals surface area contributed by atoms with E-state index in [0.717, 1.165) is 17.1 Å². The minimum atomic E-state index is -4.46. The predicted molar refractivity (Wildman–Crippen MR) is 68.0 cm³/mol. The number of halogens is 3. The third-order valence-corrected chi connectivity index (χ3v) is 2.73. The van der Waals surface area contributed by atoms with Crippen LogP contribution in [0.5, 0.6) is 0 Å². The first-order valence-electron chi connectivity index (χ1n) is 6.06. The van der Waals surface area contributed by atoms with E-state index in [2.05, 4.69) is 30.4 Å². The summed E-state index contributed by atoms with van der Waals surface area (Å²) in [5.41, 5.74) is -0.0905. The summed E-state index contributed by atoms with van der Waals surface area (Å²) in [6.07, 6.45) is -1.44. The Labute approximate surface area is 116 Å². The number of fused-ring (bicyclic) bond motifs is 1. The summed E-state index contributed by atoms with van der Waals surface area (Å²) in [7, 11) is 0. The number of hydrogen-bond donors (Lipinski definition) is 2. The van der Waals surface area contributed by atoms with Gasteiger partial charge in [0.1, 0.15) is 5.52 Å². The van der Waals surface area contributed by atoms with Crippen LogP contribution in [0, 0.1) is 0 Å². The minimum Gasteiger partial charge on any atom is -0.354 e. The highest BCUT2D eigenvalue weighted by Crippen LogP contribution is 2.29. The Kier molecular flexibility index (Phi) is 3.00. The first-order chi connectivity index (χ1) is 9.99. The Morgan fingerprint density at radius 2 is 2.14 bits per heavy atom. The van der Waals surface area contributed by atoms with Gasteiger partial charge in [-0.1, -0.05) is 0 Å². The maximum absolute atomic E-state index is 12.7. The van der Waals surface area contributed by atoms with E-state index in [1.165, 1.54) is 6.33 Å². The number of aromatic nitrogens is 6. The summed E-state index contributed by atoms with van der Waals surface area (Å²) < 4.78 is 39.0. The summed E-state index contributed by atoms with van der Waals surface area (Å²) in [5, 5.41) is 6.61. The van der Waals surface area contributed by atoms with Crippen molar-refractivity contribution in [3.8, 4) is 5.82 Å². The molecular formula is C11H10F3N7. The average Bonchev–Trinajstić information content (AvgIpc) is 3.06. The molecule has 0 unspecified atom stereocenters. The Hall–Kier alpha value is -2.65. The van der Waals surface area contributed by atoms with E-state index in [1.807, 2.05) is 6.92 Å². The van der Waals surface area contributed by atoms with Crippen molar-refractivity contribution >= 4 is 17.1 Å². The summed E-state index contributed by atoms with van der Waals surface area (Å²) >= 11 is 0. The maximum atomic E-state index is 12.7. The standard InChI is InChI=1S/C11H10F3N7/c1-2-15-10-19-8-7(16-5-17-8)9(20-10)21-4-6(3-18-21)11(12,13)14/h3-5H,2H2,1H3,(H2,15,16,17,19,20). The van der Waals surface area contributed by atoms with E-state index in [0.29, 0.717) is 17.7 Å². The Bertz CT molecular complexity index is 774. The molecule has 0 radical (unpaired) electrons. The van der Waals surface area contributed by atoms with Crippen LogP contribution in [0.3, 0.4) is 0 Å². The van der Waals surface area contributed by atoms with Crippen LogP contribution in [0.4, 0.5) is 19.1 Å². The highest BCUT2D eigenvalue weighted by molar-refractivity contribution is 5.79. The number of rotatable bonds is 3. The van der Waals surface area contributed by atoms with Gasteiger partial charge >= 0.3 is 6.18 Å². The molecule has 3 aromatic rings. The lowest BCUT2D eigenvalue weighted by molar-refractivity contribution is -0.137. The van der Waals surface area contributed by atoms with Gasteiger partial charge < -0.3 is 10.3 Å².